The first-order valence-electron chi connectivity index (χ1n) is 8.33. The summed E-state index contributed by atoms with van der Waals surface area (Å²) < 4.78 is 0. The largest absolute Gasteiger partial charge is 0.295 e. The zero-order valence-corrected chi connectivity index (χ0v) is 12.2. The second-order valence-electron chi connectivity index (χ2n) is 6.16. The molecule has 0 aromatic carbocycles. The topological polar surface area (TPSA) is 12.5 Å². The Bertz CT molecular complexity index is 207. The summed E-state index contributed by atoms with van der Waals surface area (Å²) in [6, 6.07) is 0.768. The zero-order chi connectivity index (χ0) is 12.6. The molecule has 2 nitrogen and oxygen atoms in total. The molecule has 0 aromatic heterocycles. The maximum atomic E-state index is 5.98. The van der Waals surface area contributed by atoms with Gasteiger partial charge < -0.3 is 0 Å². The van der Waals surface area contributed by atoms with Gasteiger partial charge in [0.15, 0.2) is 0 Å². The number of hydrogen-bond donors (Lipinski definition) is 0. The van der Waals surface area contributed by atoms with Crippen LogP contribution in [0.25, 0.3) is 0 Å². The number of hydroxylamine groups is 2. The molecular weight excluding hydrogens is 222 g/mol. The van der Waals surface area contributed by atoms with Gasteiger partial charge in [-0.25, -0.2) is 0 Å². The van der Waals surface area contributed by atoms with Crippen molar-refractivity contribution in [3.8, 4) is 0 Å². The van der Waals surface area contributed by atoms with E-state index >= 15 is 0 Å². The van der Waals surface area contributed by atoms with E-state index in [2.05, 4.69) is 12.0 Å². The monoisotopic (exact) mass is 253 g/mol. The van der Waals surface area contributed by atoms with Crippen molar-refractivity contribution in [2.45, 2.75) is 96.1 Å². The van der Waals surface area contributed by atoms with Crippen LogP contribution in [-0.4, -0.2) is 23.8 Å². The van der Waals surface area contributed by atoms with Gasteiger partial charge in [0.25, 0.3) is 0 Å². The van der Waals surface area contributed by atoms with Crippen LogP contribution in [0.2, 0.25) is 0 Å². The molecule has 0 spiro atoms. The van der Waals surface area contributed by atoms with Crippen LogP contribution in [0.15, 0.2) is 0 Å². The van der Waals surface area contributed by atoms with Crippen LogP contribution >= 0.6 is 0 Å². The molecule has 0 aliphatic carbocycles. The van der Waals surface area contributed by atoms with Crippen molar-refractivity contribution in [1.29, 1.82) is 0 Å². The summed E-state index contributed by atoms with van der Waals surface area (Å²) in [6.45, 7) is 3.46. The van der Waals surface area contributed by atoms with Crippen molar-refractivity contribution >= 4 is 0 Å². The minimum atomic E-state index is 0.551. The van der Waals surface area contributed by atoms with Crippen molar-refractivity contribution < 1.29 is 4.84 Å². The molecular formula is C16H31NO. The average molecular weight is 253 g/mol. The molecule has 2 aliphatic rings. The van der Waals surface area contributed by atoms with Gasteiger partial charge in [0, 0.05) is 12.6 Å². The van der Waals surface area contributed by atoms with E-state index in [4.69, 9.17) is 4.84 Å². The highest BCUT2D eigenvalue weighted by molar-refractivity contribution is 4.82. The third-order valence-electron chi connectivity index (χ3n) is 4.52. The normalized spacial score (nSPS) is 27.8. The van der Waals surface area contributed by atoms with Crippen LogP contribution < -0.4 is 0 Å². The Morgan fingerprint density at radius 1 is 1.00 bits per heavy atom. The number of hydrogen-bond acceptors (Lipinski definition) is 2. The molecule has 2 saturated heterocycles. The SMILES string of the molecule is CCCCCCCCCC[C@@H]1C[C@H]2CCCN2O1. The van der Waals surface area contributed by atoms with Crippen molar-refractivity contribution in [3.63, 3.8) is 0 Å². The van der Waals surface area contributed by atoms with Crippen LogP contribution in [0, 0.1) is 0 Å². The Kier molecular flexibility index (Phi) is 6.50. The van der Waals surface area contributed by atoms with Crippen LogP contribution in [0.5, 0.6) is 0 Å². The molecule has 0 saturated carbocycles. The lowest BCUT2D eigenvalue weighted by Gasteiger charge is -2.13. The molecule has 2 heterocycles. The van der Waals surface area contributed by atoms with Crippen molar-refractivity contribution in [3.05, 3.63) is 0 Å². The minimum Gasteiger partial charge on any atom is -0.295 e. The molecule has 2 fully saturated rings. The summed E-state index contributed by atoms with van der Waals surface area (Å²) in [5.74, 6) is 0. The van der Waals surface area contributed by atoms with Gasteiger partial charge >= 0.3 is 0 Å². The molecule has 2 atom stereocenters. The molecule has 0 aromatic rings. The van der Waals surface area contributed by atoms with Gasteiger partial charge in [-0.15, -0.1) is 0 Å². The lowest BCUT2D eigenvalue weighted by atomic mass is 10.0. The lowest BCUT2D eigenvalue weighted by molar-refractivity contribution is -0.149. The van der Waals surface area contributed by atoms with E-state index in [9.17, 15) is 0 Å². The molecule has 0 N–H and O–H groups in total. The quantitative estimate of drug-likeness (QED) is 0.553. The van der Waals surface area contributed by atoms with E-state index < -0.39 is 0 Å². The van der Waals surface area contributed by atoms with E-state index in [-0.39, 0.29) is 0 Å². The van der Waals surface area contributed by atoms with Crippen LogP contribution in [0.3, 0.4) is 0 Å². The van der Waals surface area contributed by atoms with E-state index in [1.807, 2.05) is 0 Å². The van der Waals surface area contributed by atoms with Crippen LogP contribution in [0.1, 0.15) is 84.0 Å². The summed E-state index contributed by atoms with van der Waals surface area (Å²) in [7, 11) is 0. The van der Waals surface area contributed by atoms with Gasteiger partial charge in [-0.2, -0.15) is 5.06 Å². The highest BCUT2D eigenvalue weighted by Gasteiger charge is 2.35. The van der Waals surface area contributed by atoms with Gasteiger partial charge in [0.05, 0.1) is 6.10 Å². The summed E-state index contributed by atoms with van der Waals surface area (Å²) in [4.78, 5) is 5.98. The van der Waals surface area contributed by atoms with Crippen molar-refractivity contribution in [2.24, 2.45) is 0 Å². The third kappa shape index (κ3) is 4.55. The van der Waals surface area contributed by atoms with Gasteiger partial charge in [0.2, 0.25) is 0 Å². The van der Waals surface area contributed by atoms with Gasteiger partial charge in [0.1, 0.15) is 0 Å². The van der Waals surface area contributed by atoms with Crippen LogP contribution in [0.4, 0.5) is 0 Å². The maximum Gasteiger partial charge on any atom is 0.0809 e. The Labute approximate surface area is 113 Å². The van der Waals surface area contributed by atoms with E-state index in [1.54, 1.807) is 0 Å². The Balaban J connectivity index is 1.40. The smallest absolute Gasteiger partial charge is 0.0809 e. The van der Waals surface area contributed by atoms with E-state index in [0.717, 1.165) is 6.04 Å². The third-order valence-corrected chi connectivity index (χ3v) is 4.52. The highest BCUT2D eigenvalue weighted by Crippen LogP contribution is 2.32. The number of unbranched alkanes of at least 4 members (excludes halogenated alkanes) is 7. The lowest BCUT2D eigenvalue weighted by Crippen LogP contribution is -2.20. The molecule has 2 aliphatic heterocycles. The van der Waals surface area contributed by atoms with E-state index in [1.165, 1.54) is 83.6 Å². The Morgan fingerprint density at radius 2 is 1.72 bits per heavy atom. The predicted octanol–water partition coefficient (Wildman–Crippen LogP) is 4.69. The molecule has 18 heavy (non-hydrogen) atoms. The number of fused-ring (bicyclic) bond motifs is 1. The molecule has 106 valence electrons. The number of nitrogens with zero attached hydrogens (tertiary/aromatic N) is 1. The van der Waals surface area contributed by atoms with Crippen molar-refractivity contribution in [1.82, 2.24) is 5.06 Å². The predicted molar refractivity (Wildman–Crippen MR) is 76.4 cm³/mol. The number of rotatable bonds is 9. The molecule has 2 heteroatoms. The van der Waals surface area contributed by atoms with Gasteiger partial charge in [-0.1, -0.05) is 58.3 Å². The average Bonchev–Trinajstić information content (AvgIpc) is 2.93. The Morgan fingerprint density at radius 3 is 2.44 bits per heavy atom. The summed E-state index contributed by atoms with van der Waals surface area (Å²) in [5.41, 5.74) is 0. The maximum absolute atomic E-state index is 5.98. The first-order valence-corrected chi connectivity index (χ1v) is 8.33. The van der Waals surface area contributed by atoms with E-state index in [0.29, 0.717) is 6.10 Å². The highest BCUT2D eigenvalue weighted by atomic mass is 16.7. The van der Waals surface area contributed by atoms with Gasteiger partial charge in [-0.05, 0) is 25.7 Å². The fourth-order valence-corrected chi connectivity index (χ4v) is 3.40. The second kappa shape index (κ2) is 8.16. The molecule has 2 rings (SSSR count). The van der Waals surface area contributed by atoms with Gasteiger partial charge in [-0.3, -0.25) is 4.84 Å². The first-order chi connectivity index (χ1) is 8.90. The molecule has 0 bridgehead atoms. The fraction of sp³-hybridized carbons (Fsp3) is 1.00. The summed E-state index contributed by atoms with van der Waals surface area (Å²) >= 11 is 0. The molecule has 0 amide bonds. The molecule has 0 radical (unpaired) electrons. The van der Waals surface area contributed by atoms with Crippen LogP contribution in [-0.2, 0) is 4.84 Å². The second-order valence-corrected chi connectivity index (χ2v) is 6.16. The fourth-order valence-electron chi connectivity index (χ4n) is 3.40. The zero-order valence-electron chi connectivity index (χ0n) is 12.2. The standard InChI is InChI=1S/C16H31NO/c1-2-3-4-5-6-7-8-9-12-16-14-15-11-10-13-17(15)18-16/h15-16H,2-14H2,1H3/t15-,16-/m1/s1. The first kappa shape index (κ1) is 14.3. The summed E-state index contributed by atoms with van der Waals surface area (Å²) in [5, 5.41) is 2.26. The Hall–Kier alpha value is -0.0800. The molecule has 0 unspecified atom stereocenters. The minimum absolute atomic E-state index is 0.551. The summed E-state index contributed by atoms with van der Waals surface area (Å²) in [6.07, 6.45) is 17.2. The van der Waals surface area contributed by atoms with Crippen molar-refractivity contribution in [2.75, 3.05) is 6.54 Å².